The van der Waals surface area contributed by atoms with Crippen molar-refractivity contribution < 1.29 is 4.74 Å². The number of aromatic nitrogens is 1. The lowest BCUT2D eigenvalue weighted by Gasteiger charge is -2.40. The summed E-state index contributed by atoms with van der Waals surface area (Å²) in [5.74, 6) is 1.37. The molecule has 0 spiro atoms. The maximum atomic E-state index is 5.29. The van der Waals surface area contributed by atoms with Crippen LogP contribution in [0, 0.1) is 11.3 Å². The normalized spacial score (nSPS) is 26.7. The van der Waals surface area contributed by atoms with Crippen LogP contribution in [0.25, 0.3) is 0 Å². The molecule has 0 saturated heterocycles. The summed E-state index contributed by atoms with van der Waals surface area (Å²) < 4.78 is 5.29. The predicted molar refractivity (Wildman–Crippen MR) is 75.0 cm³/mol. The van der Waals surface area contributed by atoms with Gasteiger partial charge in [0.1, 0.15) is 0 Å². The zero-order chi connectivity index (χ0) is 13.2. The lowest BCUT2D eigenvalue weighted by atomic mass is 9.70. The van der Waals surface area contributed by atoms with E-state index in [0.717, 1.165) is 5.69 Å². The van der Waals surface area contributed by atoms with Gasteiger partial charge in [-0.25, -0.2) is 4.98 Å². The van der Waals surface area contributed by atoms with E-state index in [2.05, 4.69) is 31.1 Å². The van der Waals surface area contributed by atoms with Crippen molar-refractivity contribution in [3.63, 3.8) is 0 Å². The smallest absolute Gasteiger partial charge is 0.237 e. The van der Waals surface area contributed by atoms with Crippen LogP contribution >= 0.6 is 0 Å². The van der Waals surface area contributed by atoms with Gasteiger partial charge in [0.2, 0.25) is 5.88 Å². The molecule has 0 radical (unpaired) electrons. The van der Waals surface area contributed by atoms with Gasteiger partial charge in [-0.05, 0) is 42.7 Å². The summed E-state index contributed by atoms with van der Waals surface area (Å²) in [5, 5.41) is 3.60. The Hall–Kier alpha value is -1.25. The summed E-state index contributed by atoms with van der Waals surface area (Å²) in [6, 6.07) is 4.51. The van der Waals surface area contributed by atoms with Crippen LogP contribution in [0.4, 0.5) is 5.69 Å². The van der Waals surface area contributed by atoms with Crippen molar-refractivity contribution in [2.75, 3.05) is 12.4 Å². The van der Waals surface area contributed by atoms with Gasteiger partial charge in [-0.15, -0.1) is 0 Å². The molecule has 1 aliphatic carbocycles. The van der Waals surface area contributed by atoms with Gasteiger partial charge < -0.3 is 10.1 Å². The Bertz CT molecular complexity index is 403. The molecule has 2 rings (SSSR count). The van der Waals surface area contributed by atoms with Crippen molar-refractivity contribution >= 4 is 5.69 Å². The Labute approximate surface area is 110 Å². The van der Waals surface area contributed by atoms with E-state index >= 15 is 0 Å². The Balaban J connectivity index is 2.06. The summed E-state index contributed by atoms with van der Waals surface area (Å²) in [5.41, 5.74) is 1.49. The van der Waals surface area contributed by atoms with Gasteiger partial charge in [0.05, 0.1) is 12.8 Å². The van der Waals surface area contributed by atoms with Crippen LogP contribution in [-0.2, 0) is 0 Å². The molecule has 3 heteroatoms. The third-order valence-electron chi connectivity index (χ3n) is 4.00. The lowest BCUT2D eigenvalue weighted by Crippen LogP contribution is -2.37. The van der Waals surface area contributed by atoms with Crippen molar-refractivity contribution in [1.82, 2.24) is 4.98 Å². The van der Waals surface area contributed by atoms with E-state index < -0.39 is 0 Å². The lowest BCUT2D eigenvalue weighted by molar-refractivity contribution is 0.177. The maximum Gasteiger partial charge on any atom is 0.237 e. The van der Waals surface area contributed by atoms with Crippen LogP contribution in [0.3, 0.4) is 0 Å². The Kier molecular flexibility index (Phi) is 3.79. The number of hydrogen-bond acceptors (Lipinski definition) is 3. The second kappa shape index (κ2) is 5.17. The van der Waals surface area contributed by atoms with Gasteiger partial charge in [0.25, 0.3) is 0 Å². The predicted octanol–water partition coefficient (Wildman–Crippen LogP) is 3.72. The minimum Gasteiger partial charge on any atom is -0.480 e. The van der Waals surface area contributed by atoms with Crippen LogP contribution in [0.5, 0.6) is 5.88 Å². The van der Waals surface area contributed by atoms with Gasteiger partial charge in [0, 0.05) is 12.2 Å². The standard InChI is InChI=1S/C15H24N2O/c1-11-10-15(2,3)8-7-12(11)17-13-6-5-9-16-14(13)18-4/h5-6,9,11-12,17H,7-8,10H2,1-4H3. The third-order valence-corrected chi connectivity index (χ3v) is 4.00. The van der Waals surface area contributed by atoms with Crippen LogP contribution < -0.4 is 10.1 Å². The first-order valence-electron chi connectivity index (χ1n) is 6.77. The average Bonchev–Trinajstić information content (AvgIpc) is 2.33. The Morgan fingerprint density at radius 2 is 2.22 bits per heavy atom. The van der Waals surface area contributed by atoms with Gasteiger partial charge in [-0.1, -0.05) is 20.8 Å². The van der Waals surface area contributed by atoms with E-state index in [1.807, 2.05) is 12.1 Å². The van der Waals surface area contributed by atoms with Crippen LogP contribution in [-0.4, -0.2) is 18.1 Å². The summed E-state index contributed by atoms with van der Waals surface area (Å²) in [4.78, 5) is 4.23. The van der Waals surface area contributed by atoms with Crippen LogP contribution in [0.15, 0.2) is 18.3 Å². The van der Waals surface area contributed by atoms with Gasteiger partial charge >= 0.3 is 0 Å². The molecule has 0 bridgehead atoms. The topological polar surface area (TPSA) is 34.1 Å². The molecule has 0 aromatic carbocycles. The molecule has 2 atom stereocenters. The number of nitrogens with one attached hydrogen (secondary N) is 1. The third kappa shape index (κ3) is 2.95. The van der Waals surface area contributed by atoms with E-state index in [9.17, 15) is 0 Å². The number of anilines is 1. The summed E-state index contributed by atoms with van der Waals surface area (Å²) in [6.07, 6.45) is 5.52. The number of rotatable bonds is 3. The van der Waals surface area contributed by atoms with Crippen LogP contribution in [0.2, 0.25) is 0 Å². The molecule has 3 nitrogen and oxygen atoms in total. The van der Waals surface area contributed by atoms with E-state index in [4.69, 9.17) is 4.74 Å². The first-order valence-corrected chi connectivity index (χ1v) is 6.77. The molecular weight excluding hydrogens is 224 g/mol. The number of hydrogen-bond donors (Lipinski definition) is 1. The summed E-state index contributed by atoms with van der Waals surface area (Å²) in [7, 11) is 1.67. The first-order chi connectivity index (χ1) is 8.52. The van der Waals surface area contributed by atoms with E-state index in [1.165, 1.54) is 19.3 Å². The molecule has 18 heavy (non-hydrogen) atoms. The van der Waals surface area contributed by atoms with Crippen molar-refractivity contribution in [3.05, 3.63) is 18.3 Å². The highest BCUT2D eigenvalue weighted by Gasteiger charge is 2.32. The maximum absolute atomic E-state index is 5.29. The Morgan fingerprint density at radius 3 is 2.89 bits per heavy atom. The fraction of sp³-hybridized carbons (Fsp3) is 0.667. The largest absolute Gasteiger partial charge is 0.480 e. The number of methoxy groups -OCH3 is 1. The first kappa shape index (κ1) is 13.2. The average molecular weight is 248 g/mol. The molecular formula is C15H24N2O. The van der Waals surface area contributed by atoms with E-state index in [-0.39, 0.29) is 0 Å². The fourth-order valence-corrected chi connectivity index (χ4v) is 3.02. The molecule has 2 unspecified atom stereocenters. The minimum absolute atomic E-state index is 0.483. The number of nitrogens with zero attached hydrogens (tertiary/aromatic N) is 1. The van der Waals surface area contributed by atoms with Gasteiger partial charge in [-0.3, -0.25) is 0 Å². The monoisotopic (exact) mass is 248 g/mol. The summed E-state index contributed by atoms with van der Waals surface area (Å²) >= 11 is 0. The summed E-state index contributed by atoms with van der Waals surface area (Å²) in [6.45, 7) is 7.07. The second-order valence-corrected chi connectivity index (χ2v) is 6.20. The highest BCUT2D eigenvalue weighted by Crippen LogP contribution is 2.40. The fourth-order valence-electron chi connectivity index (χ4n) is 3.02. The molecule has 1 aliphatic rings. The Morgan fingerprint density at radius 1 is 1.44 bits per heavy atom. The molecule has 1 aromatic rings. The van der Waals surface area contributed by atoms with Gasteiger partial charge in [-0.2, -0.15) is 0 Å². The molecule has 100 valence electrons. The molecule has 1 aromatic heterocycles. The van der Waals surface area contributed by atoms with Crippen molar-refractivity contribution in [2.45, 2.75) is 46.1 Å². The van der Waals surface area contributed by atoms with Crippen molar-refractivity contribution in [3.8, 4) is 5.88 Å². The van der Waals surface area contributed by atoms with E-state index in [1.54, 1.807) is 13.3 Å². The van der Waals surface area contributed by atoms with Gasteiger partial charge in [0.15, 0.2) is 0 Å². The molecule has 0 amide bonds. The highest BCUT2D eigenvalue weighted by atomic mass is 16.5. The molecule has 1 heterocycles. The quantitative estimate of drug-likeness (QED) is 0.885. The highest BCUT2D eigenvalue weighted by molar-refractivity contribution is 5.52. The molecule has 1 N–H and O–H groups in total. The SMILES string of the molecule is COc1ncccc1NC1CCC(C)(C)CC1C. The molecule has 0 aliphatic heterocycles. The zero-order valence-electron chi connectivity index (χ0n) is 11.9. The second-order valence-electron chi connectivity index (χ2n) is 6.20. The van der Waals surface area contributed by atoms with Crippen molar-refractivity contribution in [2.24, 2.45) is 11.3 Å². The molecule has 1 saturated carbocycles. The minimum atomic E-state index is 0.483. The number of ether oxygens (including phenoxy) is 1. The van der Waals surface area contributed by atoms with Crippen molar-refractivity contribution in [1.29, 1.82) is 0 Å². The zero-order valence-corrected chi connectivity index (χ0v) is 11.9. The van der Waals surface area contributed by atoms with Crippen LogP contribution in [0.1, 0.15) is 40.0 Å². The molecule has 1 fully saturated rings. The number of pyridine rings is 1. The van der Waals surface area contributed by atoms with E-state index in [0.29, 0.717) is 23.3 Å².